The van der Waals surface area contributed by atoms with Crippen LogP contribution in [-0.4, -0.2) is 30.3 Å². The van der Waals surface area contributed by atoms with Crippen LogP contribution in [0.15, 0.2) is 35.2 Å². The minimum atomic E-state index is 0.467. The summed E-state index contributed by atoms with van der Waals surface area (Å²) in [5.74, 6) is 0.733. The molecule has 22 heavy (non-hydrogen) atoms. The van der Waals surface area contributed by atoms with Gasteiger partial charge < -0.3 is 14.8 Å². The Balaban J connectivity index is 2.02. The van der Waals surface area contributed by atoms with E-state index in [1.54, 1.807) is 31.8 Å². The van der Waals surface area contributed by atoms with E-state index >= 15 is 0 Å². The molecule has 0 fully saturated rings. The molecule has 0 radical (unpaired) electrons. The van der Waals surface area contributed by atoms with Crippen molar-refractivity contribution in [1.82, 2.24) is 9.97 Å². The average molecular weight is 363 g/mol. The van der Waals surface area contributed by atoms with Crippen molar-refractivity contribution in [2.45, 2.75) is 6.54 Å². The van der Waals surface area contributed by atoms with Gasteiger partial charge in [-0.15, -0.1) is 0 Å². The smallest absolute Gasteiger partial charge is 0.122 e. The summed E-state index contributed by atoms with van der Waals surface area (Å²) < 4.78 is 11.1. The molecule has 6 nitrogen and oxygen atoms in total. The summed E-state index contributed by atoms with van der Waals surface area (Å²) in [7, 11) is 1.63. The highest BCUT2D eigenvalue weighted by Crippen LogP contribution is 2.22. The summed E-state index contributed by atoms with van der Waals surface area (Å²) >= 11 is 3.31. The molecule has 2 aromatic heterocycles. The van der Waals surface area contributed by atoms with Gasteiger partial charge in [-0.25, -0.2) is 0 Å². The van der Waals surface area contributed by atoms with E-state index in [4.69, 9.17) is 14.7 Å². The maximum Gasteiger partial charge on any atom is 0.122 e. The van der Waals surface area contributed by atoms with Gasteiger partial charge >= 0.3 is 0 Å². The molecule has 0 atom stereocenters. The predicted molar refractivity (Wildman–Crippen MR) is 85.6 cm³/mol. The van der Waals surface area contributed by atoms with Gasteiger partial charge in [0.15, 0.2) is 0 Å². The van der Waals surface area contributed by atoms with Crippen molar-refractivity contribution in [3.05, 3.63) is 46.5 Å². The van der Waals surface area contributed by atoms with Gasteiger partial charge in [0.2, 0.25) is 0 Å². The first-order valence-electron chi connectivity index (χ1n) is 6.58. The van der Waals surface area contributed by atoms with Crippen LogP contribution in [-0.2, 0) is 11.3 Å². The van der Waals surface area contributed by atoms with Gasteiger partial charge in [0.05, 0.1) is 40.8 Å². The Bertz CT molecular complexity index is 673. The van der Waals surface area contributed by atoms with Crippen molar-refractivity contribution >= 4 is 21.6 Å². The van der Waals surface area contributed by atoms with Gasteiger partial charge in [-0.2, -0.15) is 5.26 Å². The molecule has 114 valence electrons. The molecular weight excluding hydrogens is 348 g/mol. The topological polar surface area (TPSA) is 80.1 Å². The number of methoxy groups -OCH3 is 1. The molecule has 2 rings (SSSR count). The second-order valence-corrected chi connectivity index (χ2v) is 5.19. The summed E-state index contributed by atoms with van der Waals surface area (Å²) in [6.45, 7) is 1.49. The number of halogens is 1. The second-order valence-electron chi connectivity index (χ2n) is 4.33. The maximum absolute atomic E-state index is 9.17. The molecule has 2 aromatic rings. The van der Waals surface area contributed by atoms with Gasteiger partial charge in [-0.1, -0.05) is 0 Å². The fraction of sp³-hybridized carbons (Fsp3) is 0.267. The van der Waals surface area contributed by atoms with Crippen LogP contribution in [0.2, 0.25) is 0 Å². The van der Waals surface area contributed by atoms with E-state index in [0.29, 0.717) is 35.5 Å². The fourth-order valence-electron chi connectivity index (χ4n) is 1.75. The third-order valence-electron chi connectivity index (χ3n) is 2.82. The normalized spacial score (nSPS) is 10.0. The highest BCUT2D eigenvalue weighted by atomic mass is 79.9. The molecule has 0 aromatic carbocycles. The quantitative estimate of drug-likeness (QED) is 0.762. The van der Waals surface area contributed by atoms with Crippen molar-refractivity contribution in [2.75, 3.05) is 25.6 Å². The lowest BCUT2D eigenvalue weighted by molar-refractivity contribution is 0.146. The number of pyridine rings is 2. The zero-order chi connectivity index (χ0) is 15.8. The molecule has 1 N–H and O–H groups in total. The van der Waals surface area contributed by atoms with Gasteiger partial charge in [-0.05, 0) is 22.0 Å². The first-order valence-corrected chi connectivity index (χ1v) is 7.38. The molecule has 2 heterocycles. The second kappa shape index (κ2) is 8.32. The highest BCUT2D eigenvalue weighted by Gasteiger charge is 2.07. The van der Waals surface area contributed by atoms with Gasteiger partial charge in [-0.3, -0.25) is 9.97 Å². The minimum Gasteiger partial charge on any atom is -0.491 e. The molecule has 0 aliphatic rings. The van der Waals surface area contributed by atoms with Gasteiger partial charge in [0.25, 0.3) is 0 Å². The third kappa shape index (κ3) is 4.41. The SMILES string of the molecule is COCCOc1ccnc(CNc2cncc(Br)c2C#N)c1. The Morgan fingerprint density at radius 2 is 2.23 bits per heavy atom. The summed E-state index contributed by atoms with van der Waals surface area (Å²) in [6, 6.07) is 5.78. The Morgan fingerprint density at radius 3 is 3.00 bits per heavy atom. The van der Waals surface area contributed by atoms with E-state index in [9.17, 15) is 0 Å². The third-order valence-corrected chi connectivity index (χ3v) is 3.42. The molecule has 7 heteroatoms. The fourth-order valence-corrected chi connectivity index (χ4v) is 2.17. The standard InChI is InChI=1S/C15H15BrN4O2/c1-21-4-5-22-12-2-3-19-11(6-12)8-20-15-10-18-9-14(16)13(15)7-17/h2-3,6,9-10,20H,4-5,8H2,1H3. The summed E-state index contributed by atoms with van der Waals surface area (Å²) in [4.78, 5) is 8.32. The maximum atomic E-state index is 9.17. The largest absolute Gasteiger partial charge is 0.491 e. The average Bonchev–Trinajstić information content (AvgIpc) is 2.54. The molecule has 0 amide bonds. The van der Waals surface area contributed by atoms with Crippen molar-refractivity contribution in [2.24, 2.45) is 0 Å². The lowest BCUT2D eigenvalue weighted by atomic mass is 10.2. The first kappa shape index (κ1) is 16.2. The Hall–Kier alpha value is -2.17. The molecule has 0 aliphatic heterocycles. The molecule has 0 spiro atoms. The van der Waals surface area contributed by atoms with Crippen molar-refractivity contribution < 1.29 is 9.47 Å². The van der Waals surface area contributed by atoms with E-state index in [1.165, 1.54) is 0 Å². The number of hydrogen-bond acceptors (Lipinski definition) is 6. The van der Waals surface area contributed by atoms with E-state index in [-0.39, 0.29) is 0 Å². The monoisotopic (exact) mass is 362 g/mol. The number of nitrogens with zero attached hydrogens (tertiary/aromatic N) is 3. The van der Waals surface area contributed by atoms with E-state index < -0.39 is 0 Å². The summed E-state index contributed by atoms with van der Waals surface area (Å²) in [5, 5.41) is 12.3. The van der Waals surface area contributed by atoms with Crippen LogP contribution in [0, 0.1) is 11.3 Å². The van der Waals surface area contributed by atoms with Gasteiger partial charge in [0, 0.05) is 25.6 Å². The summed E-state index contributed by atoms with van der Waals surface area (Å²) in [6.07, 6.45) is 4.89. The zero-order valence-corrected chi connectivity index (χ0v) is 13.6. The van der Waals surface area contributed by atoms with E-state index in [1.807, 2.05) is 6.07 Å². The molecular formula is C15H15BrN4O2. The van der Waals surface area contributed by atoms with Gasteiger partial charge in [0.1, 0.15) is 18.4 Å². The highest BCUT2D eigenvalue weighted by molar-refractivity contribution is 9.10. The Morgan fingerprint density at radius 1 is 1.36 bits per heavy atom. The zero-order valence-electron chi connectivity index (χ0n) is 12.0. The lowest BCUT2D eigenvalue weighted by Gasteiger charge is -2.10. The van der Waals surface area contributed by atoms with Crippen LogP contribution < -0.4 is 10.1 Å². The number of nitriles is 1. The molecule has 0 unspecified atom stereocenters. The molecule has 0 saturated heterocycles. The first-order chi connectivity index (χ1) is 10.7. The number of hydrogen-bond donors (Lipinski definition) is 1. The Kier molecular flexibility index (Phi) is 6.13. The number of ether oxygens (including phenoxy) is 2. The molecule has 0 aliphatic carbocycles. The number of aromatic nitrogens is 2. The van der Waals surface area contributed by atoms with E-state index in [0.717, 1.165) is 11.4 Å². The number of anilines is 1. The number of nitrogens with one attached hydrogen (secondary N) is 1. The predicted octanol–water partition coefficient (Wildman–Crippen LogP) is 2.75. The summed E-state index contributed by atoms with van der Waals surface area (Å²) in [5.41, 5.74) is 1.98. The van der Waals surface area contributed by atoms with Crippen LogP contribution in [0.25, 0.3) is 0 Å². The van der Waals surface area contributed by atoms with Crippen LogP contribution >= 0.6 is 15.9 Å². The number of rotatable bonds is 7. The molecule has 0 saturated carbocycles. The van der Waals surface area contributed by atoms with Crippen molar-refractivity contribution in [1.29, 1.82) is 5.26 Å². The van der Waals surface area contributed by atoms with Crippen LogP contribution in [0.5, 0.6) is 5.75 Å². The van der Waals surface area contributed by atoms with Crippen molar-refractivity contribution in [3.63, 3.8) is 0 Å². The lowest BCUT2D eigenvalue weighted by Crippen LogP contribution is -2.06. The Labute approximate surface area is 137 Å². The van der Waals surface area contributed by atoms with Crippen LogP contribution in [0.1, 0.15) is 11.3 Å². The molecule has 0 bridgehead atoms. The van der Waals surface area contributed by atoms with Crippen LogP contribution in [0.4, 0.5) is 5.69 Å². The van der Waals surface area contributed by atoms with E-state index in [2.05, 4.69) is 37.3 Å². The van der Waals surface area contributed by atoms with Crippen LogP contribution in [0.3, 0.4) is 0 Å². The minimum absolute atomic E-state index is 0.467. The van der Waals surface area contributed by atoms with Crippen molar-refractivity contribution in [3.8, 4) is 11.8 Å².